The Labute approximate surface area is 229 Å². The van der Waals surface area contributed by atoms with Crippen LogP contribution < -0.4 is 4.90 Å². The van der Waals surface area contributed by atoms with Crippen molar-refractivity contribution in [3.05, 3.63) is 62.0 Å². The largest absolute Gasteiger partial charge is 0.461 e. The first kappa shape index (κ1) is 25.0. The fourth-order valence-corrected chi connectivity index (χ4v) is 6.62. The summed E-state index contributed by atoms with van der Waals surface area (Å²) < 4.78 is 13.6. The van der Waals surface area contributed by atoms with E-state index < -0.39 is 11.6 Å². The Morgan fingerprint density at radius 1 is 1.24 bits per heavy atom. The number of anilines is 1. The van der Waals surface area contributed by atoms with Gasteiger partial charge >= 0.3 is 5.97 Å². The Hall–Kier alpha value is -2.33. The molecule has 2 aliphatic heterocycles. The van der Waals surface area contributed by atoms with Gasteiger partial charge in [0.05, 0.1) is 41.8 Å². The molecular formula is C26H27Cl2N5O3S. The molecule has 1 aromatic carbocycles. The van der Waals surface area contributed by atoms with Crippen molar-refractivity contribution in [2.45, 2.75) is 63.1 Å². The number of carbonyl (C=O) groups is 1. The number of thioether (sulfide) groups is 1. The van der Waals surface area contributed by atoms with Crippen LogP contribution in [0.3, 0.4) is 0 Å². The molecule has 0 fully saturated rings. The van der Waals surface area contributed by atoms with E-state index in [0.717, 1.165) is 58.8 Å². The maximum Gasteiger partial charge on any atom is 0.360 e. The zero-order valence-electron chi connectivity index (χ0n) is 20.7. The third-order valence-corrected chi connectivity index (χ3v) is 8.77. The number of hydrogen-bond donors (Lipinski definition) is 0. The van der Waals surface area contributed by atoms with Crippen molar-refractivity contribution in [3.63, 3.8) is 0 Å². The Balaban J connectivity index is 1.37. The van der Waals surface area contributed by atoms with Crippen LogP contribution in [0.25, 0.3) is 0 Å². The molecule has 0 amide bonds. The minimum absolute atomic E-state index is 0.165. The maximum absolute atomic E-state index is 12.4. The summed E-state index contributed by atoms with van der Waals surface area (Å²) in [5, 5.41) is 6.34. The van der Waals surface area contributed by atoms with Gasteiger partial charge in [0.2, 0.25) is 0 Å². The molecule has 37 heavy (non-hydrogen) atoms. The third-order valence-electron chi connectivity index (χ3n) is 7.47. The van der Waals surface area contributed by atoms with Gasteiger partial charge in [0.1, 0.15) is 5.82 Å². The quantitative estimate of drug-likeness (QED) is 0.245. The fourth-order valence-electron chi connectivity index (χ4n) is 5.70. The fraction of sp³-hybridized carbons (Fsp3) is 0.462. The number of fused-ring (bicyclic) bond motifs is 4. The van der Waals surface area contributed by atoms with Gasteiger partial charge in [-0.05, 0) is 49.6 Å². The van der Waals surface area contributed by atoms with Crippen LogP contribution in [0.5, 0.6) is 0 Å². The standard InChI is InChI=1S/C26H27Cl2N5O3S/c1-3-35-24(34)22-21(28)20-13-32(10-5-11-33(20)31-22)23-16-14-36-26(12-19(16)29-25(30-23)37-2)9-8-15-17(26)6-4-7-18(15)27/h4,6-7H,3,5,8-14H2,1-2H3. The summed E-state index contributed by atoms with van der Waals surface area (Å²) in [5.74, 6) is 0.358. The van der Waals surface area contributed by atoms with E-state index in [-0.39, 0.29) is 12.3 Å². The van der Waals surface area contributed by atoms with Crippen molar-refractivity contribution < 1.29 is 14.3 Å². The number of halogens is 2. The molecule has 0 N–H and O–H groups in total. The van der Waals surface area contributed by atoms with E-state index >= 15 is 0 Å². The van der Waals surface area contributed by atoms with Crippen LogP contribution in [0.2, 0.25) is 10.0 Å². The summed E-state index contributed by atoms with van der Waals surface area (Å²) in [5.41, 5.74) is 4.92. The summed E-state index contributed by atoms with van der Waals surface area (Å²) >= 11 is 14.7. The summed E-state index contributed by atoms with van der Waals surface area (Å²) in [6, 6.07) is 6.08. The molecule has 3 aliphatic rings. The topological polar surface area (TPSA) is 82.4 Å². The SMILES string of the molecule is CCOC(=O)c1nn2c(c1Cl)CN(c1nc(SC)nc3c1COC1(CCc4c(Cl)cccc41)C3)CCC2. The number of hydrogen-bond acceptors (Lipinski definition) is 8. The molecule has 1 unspecified atom stereocenters. The molecule has 11 heteroatoms. The van der Waals surface area contributed by atoms with Crippen molar-refractivity contribution in [1.82, 2.24) is 19.7 Å². The number of esters is 1. The smallest absolute Gasteiger partial charge is 0.360 e. The molecule has 0 radical (unpaired) electrons. The maximum atomic E-state index is 12.4. The van der Waals surface area contributed by atoms with Crippen molar-refractivity contribution in [2.75, 3.05) is 24.3 Å². The van der Waals surface area contributed by atoms with Crippen molar-refractivity contribution in [2.24, 2.45) is 0 Å². The van der Waals surface area contributed by atoms with Crippen LogP contribution >= 0.6 is 35.0 Å². The number of aryl methyl sites for hydroxylation is 1. The number of nitrogens with zero attached hydrogens (tertiary/aromatic N) is 5. The highest BCUT2D eigenvalue weighted by atomic mass is 35.5. The van der Waals surface area contributed by atoms with E-state index in [0.29, 0.717) is 31.1 Å². The molecule has 3 aromatic rings. The van der Waals surface area contributed by atoms with Gasteiger partial charge in [-0.3, -0.25) is 4.68 Å². The number of benzene rings is 1. The van der Waals surface area contributed by atoms with Gasteiger partial charge in [-0.1, -0.05) is 47.1 Å². The average molecular weight is 561 g/mol. The molecular weight excluding hydrogens is 533 g/mol. The highest BCUT2D eigenvalue weighted by Gasteiger charge is 2.45. The highest BCUT2D eigenvalue weighted by Crippen LogP contribution is 2.48. The summed E-state index contributed by atoms with van der Waals surface area (Å²) in [4.78, 5) is 24.5. The lowest BCUT2D eigenvalue weighted by Crippen LogP contribution is -2.36. The van der Waals surface area contributed by atoms with Crippen molar-refractivity contribution in [3.8, 4) is 0 Å². The monoisotopic (exact) mass is 559 g/mol. The molecule has 1 aliphatic carbocycles. The second kappa shape index (κ2) is 9.76. The van der Waals surface area contributed by atoms with Gasteiger partial charge in [-0.2, -0.15) is 5.10 Å². The predicted octanol–water partition coefficient (Wildman–Crippen LogP) is 5.20. The molecule has 8 nitrogen and oxygen atoms in total. The van der Waals surface area contributed by atoms with Crippen molar-refractivity contribution in [1.29, 1.82) is 0 Å². The Kier molecular flexibility index (Phi) is 6.59. The Bertz CT molecular complexity index is 1400. The average Bonchev–Trinajstić information content (AvgIpc) is 3.31. The van der Waals surface area contributed by atoms with E-state index in [1.54, 1.807) is 6.92 Å². The Morgan fingerprint density at radius 2 is 2.11 bits per heavy atom. The van der Waals surface area contributed by atoms with Crippen LogP contribution in [0.15, 0.2) is 23.4 Å². The van der Waals surface area contributed by atoms with Crippen LogP contribution in [-0.2, 0) is 47.6 Å². The lowest BCUT2D eigenvalue weighted by Gasteiger charge is -2.37. The molecule has 1 atom stereocenters. The number of carbonyl (C=O) groups excluding carboxylic acids is 1. The molecule has 194 valence electrons. The minimum Gasteiger partial charge on any atom is -0.461 e. The van der Waals surface area contributed by atoms with Gasteiger partial charge in [0, 0.05) is 30.1 Å². The molecule has 0 saturated heterocycles. The molecule has 1 spiro atoms. The lowest BCUT2D eigenvalue weighted by atomic mass is 9.87. The molecule has 4 heterocycles. The zero-order valence-corrected chi connectivity index (χ0v) is 23.0. The summed E-state index contributed by atoms with van der Waals surface area (Å²) in [7, 11) is 0. The predicted molar refractivity (Wildman–Crippen MR) is 143 cm³/mol. The van der Waals surface area contributed by atoms with Crippen LogP contribution in [-0.4, -0.2) is 45.1 Å². The first-order valence-corrected chi connectivity index (χ1v) is 14.4. The van der Waals surface area contributed by atoms with Gasteiger partial charge in [-0.15, -0.1) is 0 Å². The molecule has 6 rings (SSSR count). The van der Waals surface area contributed by atoms with Gasteiger partial charge < -0.3 is 14.4 Å². The third kappa shape index (κ3) is 4.20. The lowest BCUT2D eigenvalue weighted by molar-refractivity contribution is -0.0730. The van der Waals surface area contributed by atoms with E-state index in [1.165, 1.54) is 22.9 Å². The first-order valence-electron chi connectivity index (χ1n) is 12.5. The highest BCUT2D eigenvalue weighted by molar-refractivity contribution is 7.98. The van der Waals surface area contributed by atoms with E-state index in [1.807, 2.05) is 23.1 Å². The number of ether oxygens (including phenoxy) is 2. The minimum atomic E-state index is -0.501. The Morgan fingerprint density at radius 3 is 2.92 bits per heavy atom. The van der Waals surface area contributed by atoms with Gasteiger partial charge in [-0.25, -0.2) is 14.8 Å². The van der Waals surface area contributed by atoms with Crippen molar-refractivity contribution >= 4 is 46.8 Å². The van der Waals surface area contributed by atoms with E-state index in [4.69, 9.17) is 42.6 Å². The molecule has 0 saturated carbocycles. The first-order chi connectivity index (χ1) is 17.9. The van der Waals surface area contributed by atoms with Gasteiger partial charge in [0.15, 0.2) is 10.9 Å². The van der Waals surface area contributed by atoms with E-state index in [2.05, 4.69) is 16.1 Å². The van der Waals surface area contributed by atoms with Crippen LogP contribution in [0.1, 0.15) is 58.3 Å². The molecule has 2 aromatic heterocycles. The van der Waals surface area contributed by atoms with Crippen LogP contribution in [0, 0.1) is 0 Å². The summed E-state index contributed by atoms with van der Waals surface area (Å²) in [6.07, 6.45) is 5.28. The van der Waals surface area contributed by atoms with Crippen LogP contribution in [0.4, 0.5) is 5.82 Å². The normalized spacial score (nSPS) is 20.4. The zero-order chi connectivity index (χ0) is 25.7. The number of rotatable bonds is 4. The summed E-state index contributed by atoms with van der Waals surface area (Å²) in [6.45, 7) is 4.36. The van der Waals surface area contributed by atoms with E-state index in [9.17, 15) is 4.79 Å². The van der Waals surface area contributed by atoms with Gasteiger partial charge in [0.25, 0.3) is 0 Å². The molecule has 0 bridgehead atoms. The number of aromatic nitrogens is 4. The second-order valence-electron chi connectivity index (χ2n) is 9.51. The second-order valence-corrected chi connectivity index (χ2v) is 11.1.